The number of carbonyl (C=O) groups is 1. The van der Waals surface area contributed by atoms with Gasteiger partial charge in [-0.2, -0.15) is 0 Å². The van der Waals surface area contributed by atoms with E-state index in [1.807, 2.05) is 0 Å². The van der Waals surface area contributed by atoms with Crippen molar-refractivity contribution in [2.75, 3.05) is 0 Å². The molecule has 0 aliphatic heterocycles. The first-order valence-corrected chi connectivity index (χ1v) is 4.84. The molecule has 0 aromatic carbocycles. The van der Waals surface area contributed by atoms with Crippen LogP contribution in [-0.4, -0.2) is 21.3 Å². The minimum absolute atomic E-state index is 2.18. The number of hydrogen-bond acceptors (Lipinski definition) is 5. The molecule has 0 bridgehead atoms. The highest BCUT2D eigenvalue weighted by molar-refractivity contribution is 8.29. The molecular weight excluding hydrogens is 184 g/mol. The summed E-state index contributed by atoms with van der Waals surface area (Å²) in [6.07, 6.45) is 0. The monoisotopic (exact) mass is 188 g/mol. The first-order chi connectivity index (χ1) is 4.15. The van der Waals surface area contributed by atoms with E-state index in [-0.39, 0.29) is 0 Å². The van der Waals surface area contributed by atoms with Crippen LogP contribution in [0.4, 0.5) is 4.79 Å². The van der Waals surface area contributed by atoms with Crippen molar-refractivity contribution in [1.82, 2.24) is 0 Å². The molecule has 60 valence electrons. The lowest BCUT2D eigenvalue weighted by Gasteiger charge is -1.90. The standard InChI is InChI=1S/CH4N2O5S2/c2-9(5,6)1(4)10(3,7)8/h(H2,2,5,6)(H2,3,7,8). The van der Waals surface area contributed by atoms with Crippen molar-refractivity contribution in [3.8, 4) is 0 Å². The minimum atomic E-state index is -4.71. The van der Waals surface area contributed by atoms with Crippen molar-refractivity contribution >= 4 is 24.5 Å². The summed E-state index contributed by atoms with van der Waals surface area (Å²) in [7, 11) is -9.42. The Hall–Kier alpha value is -0.510. The van der Waals surface area contributed by atoms with Crippen LogP contribution in [0.3, 0.4) is 0 Å². The molecule has 0 atom stereocenters. The zero-order valence-corrected chi connectivity index (χ0v) is 6.15. The van der Waals surface area contributed by atoms with E-state index in [1.165, 1.54) is 0 Å². The quantitative estimate of drug-likeness (QED) is 0.439. The summed E-state index contributed by atoms with van der Waals surface area (Å²) in [6, 6.07) is 0. The summed E-state index contributed by atoms with van der Waals surface area (Å²) in [5.74, 6) is 0. The lowest BCUT2D eigenvalue weighted by Crippen LogP contribution is -2.33. The molecule has 9 heteroatoms. The van der Waals surface area contributed by atoms with Crippen LogP contribution in [0.15, 0.2) is 0 Å². The molecule has 0 amide bonds. The molecule has 0 fully saturated rings. The van der Waals surface area contributed by atoms with Gasteiger partial charge in [0.25, 0.3) is 20.0 Å². The Morgan fingerprint density at radius 3 is 1.10 bits per heavy atom. The highest BCUT2D eigenvalue weighted by atomic mass is 32.3. The molecule has 4 N–H and O–H groups in total. The first kappa shape index (κ1) is 9.49. The Balaban J connectivity index is 5.16. The average molecular weight is 188 g/mol. The van der Waals surface area contributed by atoms with E-state index < -0.39 is 24.5 Å². The molecule has 0 aliphatic carbocycles. The Morgan fingerprint density at radius 2 is 1.10 bits per heavy atom. The average Bonchev–Trinajstić information content (AvgIpc) is 1.59. The Labute approximate surface area is 57.1 Å². The fourth-order valence-corrected chi connectivity index (χ4v) is 1.46. The van der Waals surface area contributed by atoms with Gasteiger partial charge in [-0.05, 0) is 0 Å². The summed E-state index contributed by atoms with van der Waals surface area (Å²) in [5.41, 5.74) is 0. The molecule has 0 aliphatic rings. The second-order valence-corrected chi connectivity index (χ2v) is 4.52. The smallest absolute Gasteiger partial charge is 0.260 e. The van der Waals surface area contributed by atoms with Crippen LogP contribution in [0, 0.1) is 0 Å². The molecule has 0 unspecified atom stereocenters. The van der Waals surface area contributed by atoms with Crippen molar-refractivity contribution in [2.45, 2.75) is 0 Å². The van der Waals surface area contributed by atoms with E-state index in [4.69, 9.17) is 0 Å². The third kappa shape index (κ3) is 2.39. The van der Waals surface area contributed by atoms with Crippen LogP contribution in [0.1, 0.15) is 0 Å². The second-order valence-electron chi connectivity index (χ2n) is 1.34. The van der Waals surface area contributed by atoms with Crippen molar-refractivity contribution in [1.29, 1.82) is 0 Å². The zero-order valence-electron chi connectivity index (χ0n) is 4.51. The minimum Gasteiger partial charge on any atom is -0.260 e. The van der Waals surface area contributed by atoms with Gasteiger partial charge in [-0.1, -0.05) is 0 Å². The predicted octanol–water partition coefficient (Wildman–Crippen LogP) is -2.32. The summed E-state index contributed by atoms with van der Waals surface area (Å²) >= 11 is 0. The van der Waals surface area contributed by atoms with E-state index in [9.17, 15) is 21.6 Å². The van der Waals surface area contributed by atoms with Gasteiger partial charge in [0.2, 0.25) is 0 Å². The highest BCUT2D eigenvalue weighted by Crippen LogP contribution is 1.90. The van der Waals surface area contributed by atoms with Crippen LogP contribution in [0.2, 0.25) is 0 Å². The summed E-state index contributed by atoms with van der Waals surface area (Å²) in [5, 5.41) is 8.26. The lowest BCUT2D eigenvalue weighted by atomic mass is 11.8. The maximum Gasteiger partial charge on any atom is 0.389 e. The summed E-state index contributed by atoms with van der Waals surface area (Å²) in [6.45, 7) is 0. The topological polar surface area (TPSA) is 137 Å². The molecule has 0 rings (SSSR count). The summed E-state index contributed by atoms with van der Waals surface area (Å²) in [4.78, 5) is 10.1. The van der Waals surface area contributed by atoms with E-state index in [0.29, 0.717) is 0 Å². The van der Waals surface area contributed by atoms with Gasteiger partial charge >= 0.3 is 4.45 Å². The molecule has 0 saturated carbocycles. The van der Waals surface area contributed by atoms with E-state index in [1.54, 1.807) is 0 Å². The number of carbonyl (C=O) groups excluding carboxylic acids is 1. The van der Waals surface area contributed by atoms with E-state index in [2.05, 4.69) is 10.3 Å². The number of nitrogens with two attached hydrogens (primary N) is 2. The summed E-state index contributed by atoms with van der Waals surface area (Å²) < 4.78 is 37.6. The second kappa shape index (κ2) is 2.27. The van der Waals surface area contributed by atoms with Gasteiger partial charge in [0, 0.05) is 0 Å². The number of rotatable bonds is 0. The van der Waals surface area contributed by atoms with Crippen molar-refractivity contribution in [3.63, 3.8) is 0 Å². The molecule has 0 radical (unpaired) electrons. The lowest BCUT2D eigenvalue weighted by molar-refractivity contribution is 0.273. The molecule has 0 spiro atoms. The Kier molecular flexibility index (Phi) is 2.15. The largest absolute Gasteiger partial charge is 0.389 e. The maximum atomic E-state index is 10.1. The van der Waals surface area contributed by atoms with Gasteiger partial charge in [-0.15, -0.1) is 0 Å². The normalized spacial score (nSPS) is 13.0. The highest BCUT2D eigenvalue weighted by Gasteiger charge is 2.28. The Bertz CT molecular complexity index is 300. The molecule has 0 saturated heterocycles. The Morgan fingerprint density at radius 1 is 0.900 bits per heavy atom. The molecule has 0 aromatic rings. The number of sulfonamides is 2. The first-order valence-electron chi connectivity index (χ1n) is 1.75. The predicted molar refractivity (Wildman–Crippen MR) is 31.6 cm³/mol. The zero-order chi connectivity index (χ0) is 8.58. The van der Waals surface area contributed by atoms with Gasteiger partial charge in [0.15, 0.2) is 0 Å². The molecule has 7 nitrogen and oxygen atoms in total. The fraction of sp³-hybridized carbons (Fsp3) is 0. The molecule has 0 aromatic heterocycles. The van der Waals surface area contributed by atoms with Gasteiger partial charge in [-0.3, -0.25) is 4.79 Å². The van der Waals surface area contributed by atoms with Gasteiger partial charge < -0.3 is 0 Å². The van der Waals surface area contributed by atoms with E-state index >= 15 is 0 Å². The SMILES string of the molecule is NS(=O)(=O)C(=O)S(N)(=O)=O. The third-order valence-corrected chi connectivity index (χ3v) is 2.79. The van der Waals surface area contributed by atoms with Gasteiger partial charge in [-0.25, -0.2) is 27.1 Å². The molecular formula is CH4N2O5S2. The third-order valence-electron chi connectivity index (χ3n) is 0.465. The van der Waals surface area contributed by atoms with Crippen LogP contribution < -0.4 is 10.3 Å². The van der Waals surface area contributed by atoms with Crippen LogP contribution in [0.5, 0.6) is 0 Å². The van der Waals surface area contributed by atoms with Crippen molar-refractivity contribution in [3.05, 3.63) is 0 Å². The molecule has 0 heterocycles. The van der Waals surface area contributed by atoms with Gasteiger partial charge in [0.1, 0.15) is 0 Å². The van der Waals surface area contributed by atoms with E-state index in [0.717, 1.165) is 0 Å². The van der Waals surface area contributed by atoms with Gasteiger partial charge in [0.05, 0.1) is 0 Å². The van der Waals surface area contributed by atoms with Crippen LogP contribution in [0.25, 0.3) is 0 Å². The number of primary sulfonamides is 2. The fourth-order valence-electron chi connectivity index (χ4n) is 0.162. The van der Waals surface area contributed by atoms with Crippen LogP contribution in [-0.2, 0) is 20.0 Å². The van der Waals surface area contributed by atoms with Crippen LogP contribution >= 0.6 is 0 Å². The van der Waals surface area contributed by atoms with Crippen molar-refractivity contribution < 1.29 is 21.6 Å². The maximum absolute atomic E-state index is 10.1. The molecule has 10 heavy (non-hydrogen) atoms. The number of hydrogen-bond donors (Lipinski definition) is 2. The van der Waals surface area contributed by atoms with Crippen molar-refractivity contribution in [2.24, 2.45) is 10.3 Å².